The van der Waals surface area contributed by atoms with Crippen LogP contribution in [0.15, 0.2) is 182 Å². The Bertz CT molecular complexity index is 2890. The van der Waals surface area contributed by atoms with E-state index in [4.69, 9.17) is 32.3 Å². The number of carbonyl (C=O) groups excluding carboxylic acids is 3. The first-order valence-electron chi connectivity index (χ1n) is 47.1. The molecule has 119 heavy (non-hydrogen) atoms. The summed E-state index contributed by atoms with van der Waals surface area (Å²) >= 11 is 0. The zero-order valence-corrected chi connectivity index (χ0v) is 76.8. The van der Waals surface area contributed by atoms with Gasteiger partial charge in [-0.25, -0.2) is 9.13 Å². The minimum Gasteiger partial charge on any atom is -0.463 e. The highest BCUT2D eigenvalue weighted by Crippen LogP contribution is 2.45. The molecule has 5 unspecified atom stereocenters. The molecule has 0 aromatic carbocycles. The molecule has 0 saturated carbocycles. The molecule has 0 aliphatic heterocycles. The molecular weight excluding hydrogens is 1530 g/mol. The number of rotatable bonds is 88. The number of phosphoric ester groups is 2. The summed E-state index contributed by atoms with van der Waals surface area (Å²) in [5, 5.41) is 20.8. The highest BCUT2D eigenvalue weighted by Gasteiger charge is 2.29. The molecule has 0 fully saturated rings. The summed E-state index contributed by atoms with van der Waals surface area (Å²) in [5.41, 5.74) is 0. The molecule has 0 bridgehead atoms. The average Bonchev–Trinajstić information content (AvgIpc) is 0.891. The van der Waals surface area contributed by atoms with Gasteiger partial charge < -0.3 is 34.2 Å². The molecule has 0 aliphatic rings. The van der Waals surface area contributed by atoms with E-state index in [-0.39, 0.29) is 19.3 Å². The van der Waals surface area contributed by atoms with Gasteiger partial charge in [0.25, 0.3) is 0 Å². The summed E-state index contributed by atoms with van der Waals surface area (Å²) < 4.78 is 61.6. The zero-order chi connectivity index (χ0) is 86.5. The van der Waals surface area contributed by atoms with Gasteiger partial charge in [0.2, 0.25) is 0 Å². The molecular formula is C101H170O16P2. The second-order valence-corrected chi connectivity index (χ2v) is 34.0. The van der Waals surface area contributed by atoms with E-state index in [1.165, 1.54) is 135 Å². The Hall–Kier alpha value is -5.35. The first-order valence-corrected chi connectivity index (χ1v) is 50.1. The lowest BCUT2D eigenvalue weighted by molar-refractivity contribution is -0.161. The van der Waals surface area contributed by atoms with Crippen LogP contribution in [0.5, 0.6) is 0 Å². The Labute approximate surface area is 725 Å². The fourth-order valence-electron chi connectivity index (χ4n) is 12.5. The van der Waals surface area contributed by atoms with Gasteiger partial charge in [-0.3, -0.25) is 32.5 Å². The molecule has 0 heterocycles. The van der Waals surface area contributed by atoms with Crippen molar-refractivity contribution in [3.05, 3.63) is 182 Å². The Morgan fingerprint density at radius 2 is 0.445 bits per heavy atom. The predicted octanol–water partition coefficient (Wildman–Crippen LogP) is 29.2. The van der Waals surface area contributed by atoms with Gasteiger partial charge in [0.05, 0.1) is 26.4 Å². The third-order valence-corrected chi connectivity index (χ3v) is 21.5. The van der Waals surface area contributed by atoms with Crippen molar-refractivity contribution in [3.8, 4) is 0 Å². The summed E-state index contributed by atoms with van der Waals surface area (Å²) in [7, 11) is -9.82. The number of phosphoric acid groups is 2. The maximum Gasteiger partial charge on any atom is 0.472 e. The number of esters is 3. The van der Waals surface area contributed by atoms with Gasteiger partial charge >= 0.3 is 33.6 Å². The Kier molecular flexibility index (Phi) is 87.7. The van der Waals surface area contributed by atoms with E-state index >= 15 is 0 Å². The molecule has 0 radical (unpaired) electrons. The fraction of sp³-hybridized carbons (Fsp3) is 0.673. The van der Waals surface area contributed by atoms with E-state index < -0.39 is 91.5 Å². The number of hydrogen-bond donors (Lipinski definition) is 4. The molecule has 0 aliphatic carbocycles. The highest BCUT2D eigenvalue weighted by atomic mass is 31.2. The van der Waals surface area contributed by atoms with Crippen LogP contribution in [0.4, 0.5) is 0 Å². The molecule has 0 aromatic rings. The van der Waals surface area contributed by atoms with Crippen LogP contribution in [0, 0.1) is 0 Å². The van der Waals surface area contributed by atoms with Crippen LogP contribution in [0.1, 0.15) is 380 Å². The van der Waals surface area contributed by atoms with Crippen LogP contribution in [-0.2, 0) is 55.8 Å². The van der Waals surface area contributed by atoms with Crippen molar-refractivity contribution in [2.24, 2.45) is 0 Å². The summed E-state index contributed by atoms with van der Waals surface area (Å²) in [6.07, 6.45) is 121. The summed E-state index contributed by atoms with van der Waals surface area (Å²) in [5.74, 6) is -1.58. The Morgan fingerprint density at radius 1 is 0.244 bits per heavy atom. The van der Waals surface area contributed by atoms with Crippen LogP contribution in [0.3, 0.4) is 0 Å². The van der Waals surface area contributed by atoms with Gasteiger partial charge in [-0.05, 0) is 161 Å². The third-order valence-electron chi connectivity index (χ3n) is 19.6. The summed E-state index contributed by atoms with van der Waals surface area (Å²) in [4.78, 5) is 59.1. The number of aliphatic hydroxyl groups excluding tert-OH is 2. The van der Waals surface area contributed by atoms with Crippen molar-refractivity contribution in [3.63, 3.8) is 0 Å². The second kappa shape index (κ2) is 91.8. The van der Waals surface area contributed by atoms with Crippen molar-refractivity contribution in [2.75, 3.05) is 39.6 Å². The molecule has 18 heteroatoms. The Morgan fingerprint density at radius 3 is 0.706 bits per heavy atom. The molecule has 0 aromatic heterocycles. The van der Waals surface area contributed by atoms with Crippen LogP contribution in [0.2, 0.25) is 0 Å². The van der Waals surface area contributed by atoms with Crippen molar-refractivity contribution < 1.29 is 75.8 Å². The molecule has 0 amide bonds. The molecule has 0 saturated heterocycles. The minimum atomic E-state index is -4.95. The van der Waals surface area contributed by atoms with Gasteiger partial charge in [0.1, 0.15) is 25.4 Å². The van der Waals surface area contributed by atoms with Crippen LogP contribution >= 0.6 is 15.6 Å². The van der Waals surface area contributed by atoms with Crippen molar-refractivity contribution >= 4 is 33.6 Å². The average molecular weight is 1700 g/mol. The monoisotopic (exact) mass is 1700 g/mol. The van der Waals surface area contributed by atoms with Gasteiger partial charge in [-0.1, -0.05) is 383 Å². The molecule has 0 spiro atoms. The number of hydrogen-bond acceptors (Lipinski definition) is 14. The van der Waals surface area contributed by atoms with Crippen molar-refractivity contribution in [1.82, 2.24) is 0 Å². The molecule has 16 nitrogen and oxygen atoms in total. The smallest absolute Gasteiger partial charge is 0.463 e. The lowest BCUT2D eigenvalue weighted by Crippen LogP contribution is -2.30. The van der Waals surface area contributed by atoms with Gasteiger partial charge in [-0.15, -0.1) is 0 Å². The lowest BCUT2D eigenvalue weighted by Gasteiger charge is -2.21. The molecule has 4 N–H and O–H groups in total. The van der Waals surface area contributed by atoms with E-state index in [0.29, 0.717) is 19.3 Å². The van der Waals surface area contributed by atoms with Crippen molar-refractivity contribution in [1.29, 1.82) is 0 Å². The number of allylic oxidation sites excluding steroid dienone is 30. The quantitative estimate of drug-likeness (QED) is 0.0146. The van der Waals surface area contributed by atoms with Crippen LogP contribution < -0.4 is 0 Å². The maximum atomic E-state index is 13.1. The Balaban J connectivity index is 4.67. The summed E-state index contributed by atoms with van der Waals surface area (Å²) in [6, 6.07) is 0. The first-order chi connectivity index (χ1) is 58.2. The molecule has 5 atom stereocenters. The van der Waals surface area contributed by atoms with Crippen molar-refractivity contribution in [2.45, 2.75) is 399 Å². The number of unbranched alkanes of at least 4 members (excludes halogenated alkanes) is 35. The molecule has 680 valence electrons. The van der Waals surface area contributed by atoms with Crippen LogP contribution in [0.25, 0.3) is 0 Å². The standard InChI is InChI=1S/C101H170O16P2/c1-4-7-10-13-16-19-22-25-28-31-34-37-40-43-45-47-49-52-54-57-60-63-66-69-72-75-78-81-84-87-99(104)111-90-96(102)91-113-118(107,108)114-92-97(103)93-115-119(109,110)116-95-98(117-101(106)89-86-83-80-77-74-71-68-65-62-59-56-51-42-39-36-33-30-27-24-21-18-15-12-9-6-3)94-112-100(105)88-85-82-79-76-73-70-67-64-61-58-55-53-50-48-46-44-41-38-35-32-29-26-23-20-17-14-11-8-5-2/h7,9-10,12,16-21,25-30,34-39,43-46,49,51-52,56,96-98,102-103H,4-6,8,11,13-15,22-24,31-33,40-42,47-48,50,53-55,57-95H2,1-3H3,(H,107,108)(H,109,110)/b10-7-,12-9-,19-16-,20-17-,21-18-,28-25-,29-26-,30-27-,37-34-,38-35-,39-36-,45-43-,46-44-,52-49-,56-51-. The summed E-state index contributed by atoms with van der Waals surface area (Å²) in [6.45, 7) is 2.45. The largest absolute Gasteiger partial charge is 0.472 e. The van der Waals surface area contributed by atoms with Gasteiger partial charge in [-0.2, -0.15) is 0 Å². The van der Waals surface area contributed by atoms with E-state index in [9.17, 15) is 43.5 Å². The molecule has 0 rings (SSSR count). The van der Waals surface area contributed by atoms with Crippen LogP contribution in [-0.4, -0.2) is 95.9 Å². The normalized spacial score (nSPS) is 14.6. The zero-order valence-electron chi connectivity index (χ0n) is 75.0. The second-order valence-electron chi connectivity index (χ2n) is 31.0. The van der Waals surface area contributed by atoms with E-state index in [1.54, 1.807) is 0 Å². The fourth-order valence-corrected chi connectivity index (χ4v) is 14.1. The SMILES string of the molecule is CC/C=C\C/C=C\C/C=C\C/C=C\C/C=C\C/C=C\CCCCCCCCCCCCC(=O)OCC(O)COP(=O)(O)OCC(O)COP(=O)(O)OCC(COC(=O)CCCCCCCCCCCCCCC/C=C\C/C=C\C/C=C\C/C=C\CCCCC)OC(=O)CCCCCCCCCCC/C=C\C/C=C\C/C=C\C/C=C\C/C=C\CC. The maximum absolute atomic E-state index is 13.1. The lowest BCUT2D eigenvalue weighted by atomic mass is 10.0. The number of ether oxygens (including phenoxy) is 3. The first kappa shape index (κ1) is 114. The highest BCUT2D eigenvalue weighted by molar-refractivity contribution is 7.47. The third kappa shape index (κ3) is 93.2. The van der Waals surface area contributed by atoms with E-state index in [0.717, 1.165) is 186 Å². The number of aliphatic hydroxyl groups is 2. The minimum absolute atomic E-state index is 0.0919. The van der Waals surface area contributed by atoms with E-state index in [1.807, 2.05) is 0 Å². The topological polar surface area (TPSA) is 231 Å². The van der Waals surface area contributed by atoms with Gasteiger partial charge in [0, 0.05) is 19.3 Å². The van der Waals surface area contributed by atoms with Gasteiger partial charge in [0.15, 0.2) is 6.10 Å². The van der Waals surface area contributed by atoms with E-state index in [2.05, 4.69) is 203 Å². The predicted molar refractivity (Wildman–Crippen MR) is 500 cm³/mol. The number of carbonyl (C=O) groups is 3.